The third-order valence-corrected chi connectivity index (χ3v) is 7.59. The highest BCUT2D eigenvalue weighted by molar-refractivity contribution is 7.99. The molecule has 0 spiro atoms. The number of thiophene rings is 1. The van der Waals surface area contributed by atoms with Crippen molar-refractivity contribution in [2.75, 3.05) is 18.6 Å². The highest BCUT2D eigenvalue weighted by atomic mass is 32.2. The zero-order valence-electron chi connectivity index (χ0n) is 18.9. The predicted molar refractivity (Wildman–Crippen MR) is 130 cm³/mol. The fraction of sp³-hybridized carbons (Fsp3) is 0.636. The number of nitrogens with two attached hydrogens (primary N) is 1. The molecule has 11 heteroatoms. The first-order valence-corrected chi connectivity index (χ1v) is 13.6. The summed E-state index contributed by atoms with van der Waals surface area (Å²) in [7, 11) is 0. The quantitative estimate of drug-likeness (QED) is 0.409. The van der Waals surface area contributed by atoms with E-state index in [0.29, 0.717) is 13.0 Å². The van der Waals surface area contributed by atoms with Crippen LogP contribution in [0.2, 0.25) is 0 Å². The van der Waals surface area contributed by atoms with E-state index in [2.05, 4.69) is 16.0 Å². The van der Waals surface area contributed by atoms with Crippen molar-refractivity contribution in [3.05, 3.63) is 22.4 Å². The molecule has 2 fully saturated rings. The molecule has 2 aliphatic rings. The van der Waals surface area contributed by atoms with Crippen LogP contribution in [0.3, 0.4) is 0 Å². The normalized spacial score (nSPS) is 21.9. The van der Waals surface area contributed by atoms with Crippen molar-refractivity contribution in [3.63, 3.8) is 0 Å². The maximum absolute atomic E-state index is 13.3. The van der Waals surface area contributed by atoms with E-state index in [4.69, 9.17) is 5.73 Å². The van der Waals surface area contributed by atoms with Gasteiger partial charge in [-0.05, 0) is 37.0 Å². The number of nitrogens with one attached hydrogen (secondary N) is 3. The van der Waals surface area contributed by atoms with Crippen LogP contribution in [0.15, 0.2) is 17.5 Å². The van der Waals surface area contributed by atoms with Gasteiger partial charge in [-0.1, -0.05) is 25.3 Å². The first-order valence-electron chi connectivity index (χ1n) is 11.4. The number of rotatable bonds is 9. The minimum absolute atomic E-state index is 0.131. The van der Waals surface area contributed by atoms with Gasteiger partial charge in [-0.2, -0.15) is 11.8 Å². The van der Waals surface area contributed by atoms with E-state index in [9.17, 15) is 19.2 Å². The number of amides is 5. The molecule has 1 saturated carbocycles. The number of nitrogens with zero attached hydrogens (tertiary/aromatic N) is 1. The molecule has 1 aliphatic heterocycles. The zero-order chi connectivity index (χ0) is 23.8. The first kappa shape index (κ1) is 25.4. The Morgan fingerprint density at radius 3 is 2.58 bits per heavy atom. The Labute approximate surface area is 202 Å². The lowest BCUT2D eigenvalue weighted by molar-refractivity contribution is -0.138. The highest BCUT2D eigenvalue weighted by Crippen LogP contribution is 2.21. The topological polar surface area (TPSA) is 134 Å². The Morgan fingerprint density at radius 1 is 1.18 bits per heavy atom. The van der Waals surface area contributed by atoms with Crippen molar-refractivity contribution in [1.29, 1.82) is 0 Å². The third kappa shape index (κ3) is 7.10. The summed E-state index contributed by atoms with van der Waals surface area (Å²) in [6.45, 7) is 0.359. The number of hydrogen-bond acceptors (Lipinski definition) is 6. The maximum atomic E-state index is 13.3. The number of likely N-dealkylation sites (tertiary alicyclic amines) is 1. The number of hydrogen-bond donors (Lipinski definition) is 4. The van der Waals surface area contributed by atoms with Crippen molar-refractivity contribution < 1.29 is 19.2 Å². The average molecular weight is 496 g/mol. The van der Waals surface area contributed by atoms with Crippen LogP contribution in [-0.4, -0.2) is 71.4 Å². The molecule has 182 valence electrons. The van der Waals surface area contributed by atoms with Gasteiger partial charge in [0.1, 0.15) is 12.1 Å². The number of thioether (sulfide) groups is 1. The van der Waals surface area contributed by atoms with Gasteiger partial charge in [0.15, 0.2) is 0 Å². The fourth-order valence-electron chi connectivity index (χ4n) is 4.51. The van der Waals surface area contributed by atoms with E-state index in [1.807, 2.05) is 23.8 Å². The summed E-state index contributed by atoms with van der Waals surface area (Å²) < 4.78 is 0. The molecule has 0 bridgehead atoms. The first-order chi connectivity index (χ1) is 15.9. The molecule has 5 amide bonds. The van der Waals surface area contributed by atoms with Crippen LogP contribution in [0.25, 0.3) is 0 Å². The smallest absolute Gasteiger partial charge is 0.315 e. The van der Waals surface area contributed by atoms with Gasteiger partial charge < -0.3 is 26.6 Å². The number of primary amides is 1. The minimum Gasteiger partial charge on any atom is -0.368 e. The monoisotopic (exact) mass is 495 g/mol. The van der Waals surface area contributed by atoms with Crippen molar-refractivity contribution >= 4 is 46.9 Å². The van der Waals surface area contributed by atoms with E-state index in [-0.39, 0.29) is 30.2 Å². The van der Waals surface area contributed by atoms with E-state index in [1.165, 1.54) is 34.4 Å². The maximum Gasteiger partial charge on any atom is 0.315 e. The molecule has 1 saturated heterocycles. The Bertz CT molecular complexity index is 829. The lowest BCUT2D eigenvalue weighted by Gasteiger charge is -2.30. The van der Waals surface area contributed by atoms with E-state index in [1.54, 1.807) is 0 Å². The SMILES string of the molecule is CSCC(=O)N1CCC(NC(=O)NC2CCCCC2)C1C(=O)NC(Cc1cccs1)C(N)=O. The second-order valence-corrected chi connectivity index (χ2v) is 10.5. The van der Waals surface area contributed by atoms with Crippen molar-refractivity contribution in [2.24, 2.45) is 5.73 Å². The molecular weight excluding hydrogens is 462 g/mol. The van der Waals surface area contributed by atoms with E-state index in [0.717, 1.165) is 30.6 Å². The van der Waals surface area contributed by atoms with Gasteiger partial charge in [-0.25, -0.2) is 4.79 Å². The van der Waals surface area contributed by atoms with Gasteiger partial charge in [0.2, 0.25) is 17.7 Å². The Kier molecular flexibility index (Phi) is 9.42. The molecule has 0 radical (unpaired) electrons. The molecule has 5 N–H and O–H groups in total. The van der Waals surface area contributed by atoms with Crippen LogP contribution in [0, 0.1) is 0 Å². The van der Waals surface area contributed by atoms with Gasteiger partial charge in [0.25, 0.3) is 0 Å². The van der Waals surface area contributed by atoms with E-state index < -0.39 is 29.9 Å². The van der Waals surface area contributed by atoms with E-state index >= 15 is 0 Å². The second-order valence-electron chi connectivity index (χ2n) is 8.56. The summed E-state index contributed by atoms with van der Waals surface area (Å²) in [6.07, 6.45) is 7.83. The molecule has 33 heavy (non-hydrogen) atoms. The van der Waals surface area contributed by atoms with Gasteiger partial charge in [0.05, 0.1) is 11.8 Å². The summed E-state index contributed by atoms with van der Waals surface area (Å²) in [4.78, 5) is 53.1. The molecule has 9 nitrogen and oxygen atoms in total. The third-order valence-electron chi connectivity index (χ3n) is 6.16. The van der Waals surface area contributed by atoms with Gasteiger partial charge in [-0.15, -0.1) is 11.3 Å². The van der Waals surface area contributed by atoms with Crippen LogP contribution in [0.5, 0.6) is 0 Å². The number of urea groups is 1. The molecule has 3 unspecified atom stereocenters. The van der Waals surface area contributed by atoms with Gasteiger partial charge >= 0.3 is 6.03 Å². The Morgan fingerprint density at radius 2 is 1.94 bits per heavy atom. The fourth-order valence-corrected chi connectivity index (χ4v) is 5.67. The van der Waals surface area contributed by atoms with Crippen LogP contribution in [0.4, 0.5) is 4.79 Å². The summed E-state index contributed by atoms with van der Waals surface area (Å²) >= 11 is 2.85. The molecule has 3 rings (SSSR count). The van der Waals surface area contributed by atoms with Crippen molar-refractivity contribution in [1.82, 2.24) is 20.9 Å². The number of carbonyl (C=O) groups excluding carboxylic acids is 4. The lowest BCUT2D eigenvalue weighted by atomic mass is 9.96. The second kappa shape index (κ2) is 12.3. The Balaban J connectivity index is 1.69. The van der Waals surface area contributed by atoms with Crippen molar-refractivity contribution in [2.45, 2.75) is 69.1 Å². The van der Waals surface area contributed by atoms with Crippen LogP contribution in [-0.2, 0) is 20.8 Å². The van der Waals surface area contributed by atoms with Crippen LogP contribution < -0.4 is 21.7 Å². The summed E-state index contributed by atoms with van der Waals surface area (Å²) in [5.41, 5.74) is 5.55. The average Bonchev–Trinajstić information content (AvgIpc) is 3.44. The minimum atomic E-state index is -0.897. The standard InChI is InChI=1S/C22H33N5O4S2/c1-32-13-18(28)27-10-9-16(26-22(31)24-14-6-3-2-4-7-14)19(27)21(30)25-17(20(23)29)12-15-8-5-11-33-15/h5,8,11,14,16-17,19H,2-4,6-7,9-10,12-13H2,1H3,(H2,23,29)(H,25,30)(H2,24,26,31). The molecular formula is C22H33N5O4S2. The zero-order valence-corrected chi connectivity index (χ0v) is 20.5. The summed E-state index contributed by atoms with van der Waals surface area (Å²) in [6, 6.07) is 1.20. The predicted octanol–water partition coefficient (Wildman–Crippen LogP) is 1.23. The van der Waals surface area contributed by atoms with Crippen molar-refractivity contribution in [3.8, 4) is 0 Å². The molecule has 0 aromatic carbocycles. The van der Waals surface area contributed by atoms with Crippen LogP contribution in [0.1, 0.15) is 43.4 Å². The summed E-state index contributed by atoms with van der Waals surface area (Å²) in [5, 5.41) is 10.5. The lowest BCUT2D eigenvalue weighted by Crippen LogP contribution is -2.59. The highest BCUT2D eigenvalue weighted by Gasteiger charge is 2.43. The molecule has 3 atom stereocenters. The summed E-state index contributed by atoms with van der Waals surface area (Å²) in [5.74, 6) is -1.06. The van der Waals surface area contributed by atoms with Crippen LogP contribution >= 0.6 is 23.1 Å². The molecule has 1 aliphatic carbocycles. The largest absolute Gasteiger partial charge is 0.368 e. The molecule has 2 heterocycles. The molecule has 1 aromatic rings. The Hall–Kier alpha value is -2.27. The van der Waals surface area contributed by atoms with Gasteiger partial charge in [0, 0.05) is 23.9 Å². The number of carbonyl (C=O) groups is 4. The van der Waals surface area contributed by atoms with Gasteiger partial charge in [-0.3, -0.25) is 14.4 Å². The molecule has 1 aromatic heterocycles.